The van der Waals surface area contributed by atoms with Gasteiger partial charge in [0.1, 0.15) is 5.82 Å². The zero-order valence-corrected chi connectivity index (χ0v) is 11.8. The molecule has 0 saturated heterocycles. The maximum Gasteiger partial charge on any atom is 0.205 e. The minimum absolute atomic E-state index is 0.254. The molecule has 0 bridgehead atoms. The van der Waals surface area contributed by atoms with Gasteiger partial charge in [0.15, 0.2) is 0 Å². The Morgan fingerprint density at radius 2 is 2.00 bits per heavy atom. The second-order valence-corrected chi connectivity index (χ2v) is 5.29. The quantitative estimate of drug-likeness (QED) is 0.741. The Kier molecular flexibility index (Phi) is 2.78. The molecule has 0 unspecified atom stereocenters. The van der Waals surface area contributed by atoms with Crippen LogP contribution in [0.25, 0.3) is 16.7 Å². The molecule has 0 spiro atoms. The number of anilines is 1. The fraction of sp³-hybridized carbons (Fsp3) is 0.0714. The van der Waals surface area contributed by atoms with Crippen molar-refractivity contribution in [3.8, 4) is 5.69 Å². The third-order valence-corrected chi connectivity index (χ3v) is 3.55. The molecule has 96 valence electrons. The van der Waals surface area contributed by atoms with Crippen LogP contribution in [0.15, 0.2) is 40.9 Å². The highest BCUT2D eigenvalue weighted by atomic mass is 79.9. The minimum atomic E-state index is -0.254. The second kappa shape index (κ2) is 4.35. The summed E-state index contributed by atoms with van der Waals surface area (Å²) in [6.07, 6.45) is 0. The summed E-state index contributed by atoms with van der Waals surface area (Å²) in [6.45, 7) is 1.73. The van der Waals surface area contributed by atoms with Gasteiger partial charge in [0.2, 0.25) is 5.95 Å². The van der Waals surface area contributed by atoms with Gasteiger partial charge >= 0.3 is 0 Å². The third kappa shape index (κ3) is 2.00. The molecule has 0 aliphatic carbocycles. The predicted octanol–water partition coefficient (Wildman–Crippen LogP) is 3.82. The molecule has 0 atom stereocenters. The molecule has 0 aliphatic heterocycles. The van der Waals surface area contributed by atoms with Gasteiger partial charge in [-0.25, -0.2) is 9.37 Å². The first kappa shape index (κ1) is 12.2. The van der Waals surface area contributed by atoms with Crippen LogP contribution in [0.3, 0.4) is 0 Å². The Morgan fingerprint density at radius 3 is 2.74 bits per heavy atom. The molecule has 2 aromatic carbocycles. The summed E-state index contributed by atoms with van der Waals surface area (Å²) in [5.74, 6) is 0.0900. The third-order valence-electron chi connectivity index (χ3n) is 3.06. The zero-order valence-electron chi connectivity index (χ0n) is 10.2. The first-order chi connectivity index (χ1) is 9.06. The van der Waals surface area contributed by atoms with E-state index < -0.39 is 0 Å². The van der Waals surface area contributed by atoms with Gasteiger partial charge in [-0.05, 0) is 42.8 Å². The number of imidazole rings is 1. The molecule has 0 aliphatic rings. The maximum absolute atomic E-state index is 13.7. The fourth-order valence-electron chi connectivity index (χ4n) is 2.06. The van der Waals surface area contributed by atoms with E-state index in [1.807, 2.05) is 24.3 Å². The van der Waals surface area contributed by atoms with Crippen molar-refractivity contribution in [2.24, 2.45) is 0 Å². The topological polar surface area (TPSA) is 43.8 Å². The minimum Gasteiger partial charge on any atom is -0.369 e. The molecule has 1 heterocycles. The lowest BCUT2D eigenvalue weighted by Gasteiger charge is -2.07. The SMILES string of the molecule is Cc1ccc(-n2c(N)nc3cc(Br)ccc32)cc1F. The zero-order chi connectivity index (χ0) is 13.6. The fourth-order valence-corrected chi connectivity index (χ4v) is 2.41. The summed E-state index contributed by atoms with van der Waals surface area (Å²) in [4.78, 5) is 4.29. The van der Waals surface area contributed by atoms with Crippen molar-refractivity contribution in [2.45, 2.75) is 6.92 Å². The van der Waals surface area contributed by atoms with Crippen LogP contribution in [0.2, 0.25) is 0 Å². The van der Waals surface area contributed by atoms with Crippen LogP contribution < -0.4 is 5.73 Å². The Morgan fingerprint density at radius 1 is 1.21 bits per heavy atom. The first-order valence-electron chi connectivity index (χ1n) is 5.76. The van der Waals surface area contributed by atoms with E-state index >= 15 is 0 Å². The summed E-state index contributed by atoms with van der Waals surface area (Å²) < 4.78 is 16.4. The van der Waals surface area contributed by atoms with Crippen molar-refractivity contribution in [3.05, 3.63) is 52.3 Å². The lowest BCUT2D eigenvalue weighted by molar-refractivity contribution is 0.617. The molecule has 19 heavy (non-hydrogen) atoms. The highest BCUT2D eigenvalue weighted by Gasteiger charge is 2.11. The van der Waals surface area contributed by atoms with Crippen molar-refractivity contribution >= 4 is 32.9 Å². The van der Waals surface area contributed by atoms with Gasteiger partial charge in [-0.3, -0.25) is 4.57 Å². The molecule has 0 radical (unpaired) electrons. The van der Waals surface area contributed by atoms with Crippen LogP contribution in [0.5, 0.6) is 0 Å². The van der Waals surface area contributed by atoms with Gasteiger partial charge in [-0.2, -0.15) is 0 Å². The van der Waals surface area contributed by atoms with E-state index in [1.165, 1.54) is 6.07 Å². The predicted molar refractivity (Wildman–Crippen MR) is 77.9 cm³/mol. The van der Waals surface area contributed by atoms with Crippen LogP contribution >= 0.6 is 15.9 Å². The number of benzene rings is 2. The smallest absolute Gasteiger partial charge is 0.205 e. The van der Waals surface area contributed by atoms with Gasteiger partial charge in [0, 0.05) is 4.47 Å². The average Bonchev–Trinajstić information content (AvgIpc) is 2.68. The largest absolute Gasteiger partial charge is 0.369 e. The molecule has 1 aromatic heterocycles. The average molecular weight is 320 g/mol. The van der Waals surface area contributed by atoms with E-state index in [0.29, 0.717) is 17.2 Å². The summed E-state index contributed by atoms with van der Waals surface area (Å²) in [6, 6.07) is 10.7. The Hall–Kier alpha value is -1.88. The molecule has 0 amide bonds. The van der Waals surface area contributed by atoms with Crippen LogP contribution in [0, 0.1) is 12.7 Å². The summed E-state index contributed by atoms with van der Waals surface area (Å²) in [5.41, 5.74) is 8.84. The number of hydrogen-bond acceptors (Lipinski definition) is 2. The van der Waals surface area contributed by atoms with Crippen LogP contribution in [0.1, 0.15) is 5.56 Å². The molecule has 5 heteroatoms. The van der Waals surface area contributed by atoms with Crippen LogP contribution in [-0.4, -0.2) is 9.55 Å². The normalized spacial score (nSPS) is 11.1. The number of fused-ring (bicyclic) bond motifs is 1. The standard InChI is InChI=1S/C14H11BrFN3/c1-8-2-4-10(7-11(8)16)19-13-5-3-9(15)6-12(13)18-14(19)17/h2-7H,1H3,(H2,17,18). The van der Waals surface area contributed by atoms with Crippen molar-refractivity contribution in [1.29, 1.82) is 0 Å². The lowest BCUT2D eigenvalue weighted by atomic mass is 10.2. The highest BCUT2D eigenvalue weighted by molar-refractivity contribution is 9.10. The van der Waals surface area contributed by atoms with Crippen molar-refractivity contribution in [3.63, 3.8) is 0 Å². The van der Waals surface area contributed by atoms with Crippen LogP contribution in [0.4, 0.5) is 10.3 Å². The van der Waals surface area contributed by atoms with Gasteiger partial charge in [0.25, 0.3) is 0 Å². The number of nitrogens with zero attached hydrogens (tertiary/aromatic N) is 2. The number of halogens is 2. The molecule has 3 rings (SSSR count). The molecule has 0 saturated carbocycles. The van der Waals surface area contributed by atoms with E-state index in [9.17, 15) is 4.39 Å². The molecular formula is C14H11BrFN3. The summed E-state index contributed by atoms with van der Waals surface area (Å²) in [7, 11) is 0. The molecule has 3 nitrogen and oxygen atoms in total. The van der Waals surface area contributed by atoms with E-state index in [-0.39, 0.29) is 5.82 Å². The Bertz CT molecular complexity index is 780. The highest BCUT2D eigenvalue weighted by Crippen LogP contribution is 2.26. The first-order valence-corrected chi connectivity index (χ1v) is 6.55. The van der Waals surface area contributed by atoms with Gasteiger partial charge in [0.05, 0.1) is 16.7 Å². The number of nitrogens with two attached hydrogens (primary N) is 1. The van der Waals surface area contributed by atoms with E-state index in [0.717, 1.165) is 15.5 Å². The monoisotopic (exact) mass is 319 g/mol. The van der Waals surface area contributed by atoms with E-state index in [2.05, 4.69) is 20.9 Å². The molecular weight excluding hydrogens is 309 g/mol. The summed E-state index contributed by atoms with van der Waals surface area (Å²) in [5, 5.41) is 0. The van der Waals surface area contributed by atoms with Gasteiger partial charge in [-0.15, -0.1) is 0 Å². The number of nitrogen functional groups attached to an aromatic ring is 1. The number of rotatable bonds is 1. The number of hydrogen-bond donors (Lipinski definition) is 1. The lowest BCUT2D eigenvalue weighted by Crippen LogP contribution is -2.01. The van der Waals surface area contributed by atoms with Gasteiger partial charge in [-0.1, -0.05) is 22.0 Å². The van der Waals surface area contributed by atoms with E-state index in [1.54, 1.807) is 17.6 Å². The van der Waals surface area contributed by atoms with Crippen LogP contribution in [-0.2, 0) is 0 Å². The van der Waals surface area contributed by atoms with Crippen molar-refractivity contribution in [1.82, 2.24) is 9.55 Å². The molecule has 2 N–H and O–H groups in total. The number of aromatic nitrogens is 2. The van der Waals surface area contributed by atoms with Crippen molar-refractivity contribution < 1.29 is 4.39 Å². The second-order valence-electron chi connectivity index (χ2n) is 4.37. The van der Waals surface area contributed by atoms with E-state index in [4.69, 9.17) is 5.73 Å². The maximum atomic E-state index is 13.7. The molecule has 0 fully saturated rings. The Labute approximate surface area is 118 Å². The van der Waals surface area contributed by atoms with Crippen molar-refractivity contribution in [2.75, 3.05) is 5.73 Å². The molecule has 3 aromatic rings. The Balaban J connectivity index is 2.29. The number of aryl methyl sites for hydroxylation is 1. The summed E-state index contributed by atoms with van der Waals surface area (Å²) >= 11 is 3.39. The van der Waals surface area contributed by atoms with Gasteiger partial charge < -0.3 is 5.73 Å².